The van der Waals surface area contributed by atoms with Gasteiger partial charge in [-0.15, -0.1) is 0 Å². The largest absolute Gasteiger partial charge is 0.384 e. The molecule has 0 spiro atoms. The first-order valence-corrected chi connectivity index (χ1v) is 5.13. The minimum absolute atomic E-state index is 0.319. The highest BCUT2D eigenvalue weighted by Crippen LogP contribution is 2.18. The Kier molecular flexibility index (Phi) is 4.19. The Hall–Kier alpha value is -1.68. The summed E-state index contributed by atoms with van der Waals surface area (Å²) in [6.07, 6.45) is 0. The predicted molar refractivity (Wildman–Crippen MR) is 69.0 cm³/mol. The minimum Gasteiger partial charge on any atom is -0.384 e. The Labute approximate surface area is 100.0 Å². The zero-order chi connectivity index (χ0) is 12.1. The van der Waals surface area contributed by atoms with E-state index in [1.165, 1.54) is 0 Å². The van der Waals surface area contributed by atoms with Crippen LogP contribution in [-0.2, 0) is 0 Å². The van der Waals surface area contributed by atoms with E-state index in [-0.39, 0.29) is 0 Å². The Morgan fingerprint density at radius 1 is 1.50 bits per heavy atom. The fraction of sp³-hybridized carbons (Fsp3) is 0.182. The molecule has 16 heavy (non-hydrogen) atoms. The van der Waals surface area contributed by atoms with Crippen molar-refractivity contribution in [1.82, 2.24) is 5.32 Å². The second kappa shape index (κ2) is 5.42. The van der Waals surface area contributed by atoms with Crippen molar-refractivity contribution in [1.29, 1.82) is 0 Å². The third-order valence-electron chi connectivity index (χ3n) is 2.04. The molecular formula is C11H15ClN4. The molecule has 5 N–H and O–H groups in total. The molecule has 0 unspecified atom stereocenters. The molecule has 1 aromatic rings. The first kappa shape index (κ1) is 12.4. The molecule has 1 rings (SSSR count). The zero-order valence-corrected chi connectivity index (χ0v) is 9.88. The van der Waals surface area contributed by atoms with Gasteiger partial charge in [-0.3, -0.25) is 0 Å². The highest BCUT2D eigenvalue weighted by molar-refractivity contribution is 6.30. The van der Waals surface area contributed by atoms with Crippen molar-refractivity contribution in [2.75, 3.05) is 6.54 Å². The topological polar surface area (TPSA) is 76.4 Å². The van der Waals surface area contributed by atoms with Crippen molar-refractivity contribution in [3.8, 4) is 0 Å². The van der Waals surface area contributed by atoms with Crippen LogP contribution in [0.2, 0.25) is 5.02 Å². The predicted octanol–water partition coefficient (Wildman–Crippen LogP) is 1.44. The molecule has 0 aromatic heterocycles. The van der Waals surface area contributed by atoms with Crippen molar-refractivity contribution in [2.24, 2.45) is 16.7 Å². The quantitative estimate of drug-likeness (QED) is 0.322. The molecule has 4 nitrogen and oxygen atoms in total. The van der Waals surface area contributed by atoms with Gasteiger partial charge in [-0.05, 0) is 36.2 Å². The Morgan fingerprint density at radius 2 is 2.19 bits per heavy atom. The summed E-state index contributed by atoms with van der Waals surface area (Å²) in [7, 11) is 0. The number of halogens is 1. The van der Waals surface area contributed by atoms with Crippen LogP contribution in [0, 0.1) is 6.92 Å². The van der Waals surface area contributed by atoms with Crippen molar-refractivity contribution in [3.63, 3.8) is 0 Å². The number of hydrogen-bond acceptors (Lipinski definition) is 3. The molecular weight excluding hydrogens is 224 g/mol. The molecule has 0 bridgehead atoms. The Balaban J connectivity index is 2.73. The summed E-state index contributed by atoms with van der Waals surface area (Å²) in [5.41, 5.74) is 8.19. The maximum atomic E-state index is 5.95. The first-order valence-electron chi connectivity index (χ1n) is 4.75. The van der Waals surface area contributed by atoms with Gasteiger partial charge in [0.05, 0.1) is 6.54 Å². The molecule has 1 aromatic carbocycles. The molecule has 0 saturated heterocycles. The van der Waals surface area contributed by atoms with Crippen LogP contribution in [-0.4, -0.2) is 12.4 Å². The van der Waals surface area contributed by atoms with Gasteiger partial charge in [0.15, 0.2) is 0 Å². The van der Waals surface area contributed by atoms with Crippen molar-refractivity contribution >= 4 is 23.1 Å². The molecule has 0 amide bonds. The third kappa shape index (κ3) is 3.47. The molecule has 86 valence electrons. The summed E-state index contributed by atoms with van der Waals surface area (Å²) in [5.74, 6) is 5.34. The fourth-order valence-electron chi connectivity index (χ4n) is 1.26. The SMILES string of the molecule is C=C(NC/C(N)=N/N)c1cc(C)cc(Cl)c1. The monoisotopic (exact) mass is 238 g/mol. The van der Waals surface area contributed by atoms with E-state index in [1.54, 1.807) is 0 Å². The van der Waals surface area contributed by atoms with E-state index in [1.807, 2.05) is 25.1 Å². The fourth-order valence-corrected chi connectivity index (χ4v) is 1.55. The van der Waals surface area contributed by atoms with Gasteiger partial charge in [-0.2, -0.15) is 5.10 Å². The van der Waals surface area contributed by atoms with E-state index in [4.69, 9.17) is 23.2 Å². The van der Waals surface area contributed by atoms with E-state index >= 15 is 0 Å². The number of amidine groups is 1. The summed E-state index contributed by atoms with van der Waals surface area (Å²) >= 11 is 5.95. The number of hydrazone groups is 1. The highest BCUT2D eigenvalue weighted by Gasteiger charge is 2.01. The molecule has 0 saturated carbocycles. The lowest BCUT2D eigenvalue weighted by molar-refractivity contribution is 1.02. The van der Waals surface area contributed by atoms with Crippen LogP contribution in [0.5, 0.6) is 0 Å². The first-order chi connectivity index (χ1) is 7.52. The van der Waals surface area contributed by atoms with Crippen LogP contribution < -0.4 is 16.9 Å². The van der Waals surface area contributed by atoms with Gasteiger partial charge in [0.1, 0.15) is 5.84 Å². The second-order valence-electron chi connectivity index (χ2n) is 3.47. The lowest BCUT2D eigenvalue weighted by atomic mass is 10.1. The molecule has 0 aliphatic heterocycles. The standard InChI is InChI=1S/C11H15ClN4/c1-7-3-9(5-10(12)4-7)8(2)15-6-11(13)16-14/h3-5,15H,2,6,14H2,1H3,(H2,13,16). The van der Waals surface area contributed by atoms with Crippen LogP contribution in [0.15, 0.2) is 29.9 Å². The van der Waals surface area contributed by atoms with Gasteiger partial charge in [0, 0.05) is 10.7 Å². The molecule has 0 atom stereocenters. The number of nitrogens with one attached hydrogen (secondary N) is 1. The van der Waals surface area contributed by atoms with E-state index in [9.17, 15) is 0 Å². The van der Waals surface area contributed by atoms with Gasteiger partial charge >= 0.3 is 0 Å². The summed E-state index contributed by atoms with van der Waals surface area (Å²) in [6.45, 7) is 6.22. The van der Waals surface area contributed by atoms with Crippen LogP contribution in [0.1, 0.15) is 11.1 Å². The lowest BCUT2D eigenvalue weighted by Gasteiger charge is -2.10. The van der Waals surface area contributed by atoms with Crippen molar-refractivity contribution in [3.05, 3.63) is 40.9 Å². The summed E-state index contributed by atoms with van der Waals surface area (Å²) in [6, 6.07) is 5.70. The maximum Gasteiger partial charge on any atom is 0.138 e. The van der Waals surface area contributed by atoms with Gasteiger partial charge < -0.3 is 16.9 Å². The number of nitrogens with two attached hydrogens (primary N) is 2. The van der Waals surface area contributed by atoms with E-state index in [0.717, 1.165) is 16.8 Å². The van der Waals surface area contributed by atoms with Crippen LogP contribution in [0.25, 0.3) is 5.70 Å². The number of hydrogen-bond donors (Lipinski definition) is 3. The molecule has 0 heterocycles. The summed E-state index contributed by atoms with van der Waals surface area (Å²) in [5, 5.41) is 7.05. The van der Waals surface area contributed by atoms with Crippen LogP contribution in [0.3, 0.4) is 0 Å². The van der Waals surface area contributed by atoms with Gasteiger partial charge in [0.2, 0.25) is 0 Å². The van der Waals surface area contributed by atoms with E-state index in [2.05, 4.69) is 17.0 Å². The summed E-state index contributed by atoms with van der Waals surface area (Å²) in [4.78, 5) is 0. The minimum atomic E-state index is 0.319. The lowest BCUT2D eigenvalue weighted by Crippen LogP contribution is -2.28. The van der Waals surface area contributed by atoms with Crippen LogP contribution in [0.4, 0.5) is 0 Å². The zero-order valence-electron chi connectivity index (χ0n) is 9.13. The number of aryl methyl sites for hydroxylation is 1. The van der Waals surface area contributed by atoms with E-state index < -0.39 is 0 Å². The number of rotatable bonds is 4. The van der Waals surface area contributed by atoms with E-state index in [0.29, 0.717) is 17.4 Å². The van der Waals surface area contributed by atoms with Crippen LogP contribution >= 0.6 is 11.6 Å². The van der Waals surface area contributed by atoms with Crippen molar-refractivity contribution in [2.45, 2.75) is 6.92 Å². The van der Waals surface area contributed by atoms with Gasteiger partial charge in [-0.1, -0.05) is 18.2 Å². The Bertz CT molecular complexity index is 406. The highest BCUT2D eigenvalue weighted by atomic mass is 35.5. The third-order valence-corrected chi connectivity index (χ3v) is 2.26. The van der Waals surface area contributed by atoms with Crippen molar-refractivity contribution < 1.29 is 0 Å². The molecule has 0 fully saturated rings. The van der Waals surface area contributed by atoms with Gasteiger partial charge in [-0.25, -0.2) is 0 Å². The molecule has 0 aliphatic carbocycles. The average molecular weight is 239 g/mol. The Morgan fingerprint density at radius 3 is 2.75 bits per heavy atom. The molecule has 5 heteroatoms. The number of nitrogens with zero attached hydrogens (tertiary/aromatic N) is 1. The summed E-state index contributed by atoms with van der Waals surface area (Å²) < 4.78 is 0. The molecule has 0 radical (unpaired) electrons. The maximum absolute atomic E-state index is 5.95. The normalized spacial score (nSPS) is 11.2. The average Bonchev–Trinajstić information content (AvgIpc) is 2.23. The second-order valence-corrected chi connectivity index (χ2v) is 3.91. The number of benzene rings is 1. The van der Waals surface area contributed by atoms with Gasteiger partial charge in [0.25, 0.3) is 0 Å². The smallest absolute Gasteiger partial charge is 0.138 e. The molecule has 0 aliphatic rings.